The minimum absolute atomic E-state index is 0.272. The van der Waals surface area contributed by atoms with Gasteiger partial charge in [-0.3, -0.25) is 0 Å². The molecule has 0 fully saturated rings. The van der Waals surface area contributed by atoms with Crippen molar-refractivity contribution >= 4 is 17.8 Å². The van der Waals surface area contributed by atoms with E-state index in [2.05, 4.69) is 43.0 Å². The molecule has 0 saturated heterocycles. The average molecular weight is 379 g/mol. The summed E-state index contributed by atoms with van der Waals surface area (Å²) in [5.74, 6) is 4.37. The van der Waals surface area contributed by atoms with Gasteiger partial charge in [0.1, 0.15) is 17.0 Å². The molecule has 0 atom stereocenters. The number of fused-ring (bicyclic) bond motifs is 1. The van der Waals surface area contributed by atoms with E-state index < -0.39 is 11.6 Å². The number of hydrogen-bond acceptors (Lipinski definition) is 2. The van der Waals surface area contributed by atoms with Gasteiger partial charge in [0.05, 0.1) is 4.90 Å². The standard InChI is InChI=1S/C23H19F2NS/c1-2-3-4-16-7-9-20-12-17(8-10-19(20)11-16)5-6-18-13-21(24)23(27-15-26)22(25)14-18/h7,9,11-14H,2-4,8,10H2,1H3. The molecule has 0 bridgehead atoms. The van der Waals surface area contributed by atoms with Crippen molar-refractivity contribution in [2.75, 3.05) is 0 Å². The quantitative estimate of drug-likeness (QED) is 0.355. The minimum Gasteiger partial charge on any atom is -0.206 e. The van der Waals surface area contributed by atoms with Gasteiger partial charge in [0.25, 0.3) is 0 Å². The third-order valence-corrected chi connectivity index (χ3v) is 5.22. The summed E-state index contributed by atoms with van der Waals surface area (Å²) in [6.07, 6.45) is 7.30. The Bertz CT molecular complexity index is 967. The molecule has 0 radical (unpaired) electrons. The summed E-state index contributed by atoms with van der Waals surface area (Å²) in [4.78, 5) is -0.285. The van der Waals surface area contributed by atoms with Crippen molar-refractivity contribution in [1.29, 1.82) is 5.26 Å². The summed E-state index contributed by atoms with van der Waals surface area (Å²) in [6, 6.07) is 8.92. The van der Waals surface area contributed by atoms with Gasteiger partial charge in [0, 0.05) is 11.1 Å². The van der Waals surface area contributed by atoms with Crippen LogP contribution in [0.25, 0.3) is 6.08 Å². The van der Waals surface area contributed by atoms with Crippen LogP contribution in [0.15, 0.2) is 40.8 Å². The maximum atomic E-state index is 13.9. The Hall–Kier alpha value is -2.56. The number of thiocyanates is 1. The largest absolute Gasteiger partial charge is 0.206 e. The van der Waals surface area contributed by atoms with E-state index in [-0.39, 0.29) is 10.5 Å². The lowest BCUT2D eigenvalue weighted by Crippen LogP contribution is -2.00. The van der Waals surface area contributed by atoms with E-state index in [4.69, 9.17) is 5.26 Å². The van der Waals surface area contributed by atoms with Crippen LogP contribution >= 0.6 is 11.8 Å². The molecule has 0 amide bonds. The van der Waals surface area contributed by atoms with Gasteiger partial charge in [-0.25, -0.2) is 8.78 Å². The molecule has 0 spiro atoms. The van der Waals surface area contributed by atoms with Gasteiger partial charge in [0.2, 0.25) is 0 Å². The van der Waals surface area contributed by atoms with Crippen molar-refractivity contribution in [2.45, 2.75) is 43.9 Å². The minimum atomic E-state index is -0.756. The zero-order chi connectivity index (χ0) is 19.2. The van der Waals surface area contributed by atoms with Crippen LogP contribution in [0.2, 0.25) is 0 Å². The van der Waals surface area contributed by atoms with Gasteiger partial charge in [-0.2, -0.15) is 5.26 Å². The maximum absolute atomic E-state index is 13.9. The Morgan fingerprint density at radius 3 is 2.56 bits per heavy atom. The zero-order valence-corrected chi connectivity index (χ0v) is 15.9. The van der Waals surface area contributed by atoms with E-state index in [1.807, 2.05) is 0 Å². The molecule has 0 aliphatic heterocycles. The molecule has 2 aromatic rings. The molecular weight excluding hydrogens is 360 g/mol. The molecular formula is C23H19F2NS. The molecule has 0 N–H and O–H groups in total. The lowest BCUT2D eigenvalue weighted by Gasteiger charge is -2.14. The molecule has 2 aromatic carbocycles. The third kappa shape index (κ3) is 4.79. The van der Waals surface area contributed by atoms with Crippen LogP contribution in [-0.2, 0) is 12.8 Å². The van der Waals surface area contributed by atoms with Gasteiger partial charge in [-0.15, -0.1) is 0 Å². The molecule has 0 heterocycles. The summed E-state index contributed by atoms with van der Waals surface area (Å²) in [7, 11) is 0. The summed E-state index contributed by atoms with van der Waals surface area (Å²) in [5.41, 5.74) is 5.11. The highest BCUT2D eigenvalue weighted by Gasteiger charge is 2.12. The molecule has 0 saturated carbocycles. The highest BCUT2D eigenvalue weighted by atomic mass is 32.2. The first kappa shape index (κ1) is 19.2. The molecule has 1 nitrogen and oxygen atoms in total. The van der Waals surface area contributed by atoms with Gasteiger partial charge in [-0.05, 0) is 72.3 Å². The number of halogens is 2. The molecule has 3 rings (SSSR count). The summed E-state index contributed by atoms with van der Waals surface area (Å²) in [5, 5.41) is 10.3. The van der Waals surface area contributed by atoms with E-state index >= 15 is 0 Å². The van der Waals surface area contributed by atoms with Crippen molar-refractivity contribution in [1.82, 2.24) is 0 Å². The number of nitriles is 1. The van der Waals surface area contributed by atoms with Crippen LogP contribution < -0.4 is 0 Å². The van der Waals surface area contributed by atoms with Gasteiger partial charge >= 0.3 is 0 Å². The summed E-state index contributed by atoms with van der Waals surface area (Å²) >= 11 is 0.478. The SMILES string of the molecule is CCCCc1ccc2c(c1)CCC(C#Cc1cc(F)c(SC#N)c(F)c1)=C2. The predicted octanol–water partition coefficient (Wildman–Crippen LogP) is 6.26. The van der Waals surface area contributed by atoms with Crippen LogP contribution in [0, 0.1) is 34.1 Å². The second-order valence-electron chi connectivity index (χ2n) is 6.52. The van der Waals surface area contributed by atoms with Crippen LogP contribution in [0.1, 0.15) is 48.4 Å². The van der Waals surface area contributed by atoms with Crippen LogP contribution in [-0.4, -0.2) is 0 Å². The molecule has 0 aromatic heterocycles. The van der Waals surface area contributed by atoms with Crippen molar-refractivity contribution in [3.8, 4) is 17.2 Å². The smallest absolute Gasteiger partial charge is 0.142 e. The number of unbranched alkanes of at least 4 members (excludes halogenated alkanes) is 1. The number of hydrogen-bond donors (Lipinski definition) is 0. The van der Waals surface area contributed by atoms with Crippen molar-refractivity contribution in [3.05, 3.63) is 69.8 Å². The van der Waals surface area contributed by atoms with E-state index in [0.717, 1.165) is 24.8 Å². The first-order valence-electron chi connectivity index (χ1n) is 9.00. The number of thioether (sulfide) groups is 1. The molecule has 27 heavy (non-hydrogen) atoms. The van der Waals surface area contributed by atoms with E-state index in [0.29, 0.717) is 11.8 Å². The van der Waals surface area contributed by atoms with E-state index in [9.17, 15) is 8.78 Å². The Morgan fingerprint density at radius 1 is 1.07 bits per heavy atom. The predicted molar refractivity (Wildman–Crippen MR) is 106 cm³/mol. The molecule has 1 aliphatic rings. The van der Waals surface area contributed by atoms with Crippen molar-refractivity contribution in [2.24, 2.45) is 0 Å². The maximum Gasteiger partial charge on any atom is 0.142 e. The van der Waals surface area contributed by atoms with Gasteiger partial charge in [0.15, 0.2) is 0 Å². The lowest BCUT2D eigenvalue weighted by atomic mass is 9.90. The van der Waals surface area contributed by atoms with Crippen LogP contribution in [0.3, 0.4) is 0 Å². The molecule has 136 valence electrons. The number of benzene rings is 2. The second kappa shape index (κ2) is 8.89. The van der Waals surface area contributed by atoms with Crippen LogP contribution in [0.4, 0.5) is 8.78 Å². The number of aryl methyl sites for hydroxylation is 2. The fourth-order valence-electron chi connectivity index (χ4n) is 3.11. The third-order valence-electron chi connectivity index (χ3n) is 4.53. The van der Waals surface area contributed by atoms with Crippen LogP contribution in [0.5, 0.6) is 0 Å². The number of allylic oxidation sites excluding steroid dienone is 1. The van der Waals surface area contributed by atoms with E-state index in [1.165, 1.54) is 41.7 Å². The summed E-state index contributed by atoms with van der Waals surface area (Å²) in [6.45, 7) is 2.19. The number of nitrogens with zero attached hydrogens (tertiary/aromatic N) is 1. The highest BCUT2D eigenvalue weighted by Crippen LogP contribution is 2.27. The van der Waals surface area contributed by atoms with Gasteiger partial charge < -0.3 is 0 Å². The first-order valence-corrected chi connectivity index (χ1v) is 9.81. The Balaban J connectivity index is 1.80. The lowest BCUT2D eigenvalue weighted by molar-refractivity contribution is 0.540. The topological polar surface area (TPSA) is 23.8 Å². The van der Waals surface area contributed by atoms with E-state index in [1.54, 1.807) is 5.40 Å². The monoisotopic (exact) mass is 379 g/mol. The zero-order valence-electron chi connectivity index (χ0n) is 15.1. The fourth-order valence-corrected chi connectivity index (χ4v) is 3.51. The second-order valence-corrected chi connectivity index (χ2v) is 7.31. The Kier molecular flexibility index (Phi) is 6.32. The Labute approximate surface area is 163 Å². The fraction of sp³-hybridized carbons (Fsp3) is 0.261. The highest BCUT2D eigenvalue weighted by molar-refractivity contribution is 8.03. The normalized spacial score (nSPS) is 12.4. The number of rotatable bonds is 4. The molecule has 1 aliphatic carbocycles. The molecule has 4 heteroatoms. The van der Waals surface area contributed by atoms with Crippen molar-refractivity contribution < 1.29 is 8.78 Å². The first-order chi connectivity index (χ1) is 13.1. The molecule has 0 unspecified atom stereocenters. The van der Waals surface area contributed by atoms with Gasteiger partial charge in [-0.1, -0.05) is 43.4 Å². The summed E-state index contributed by atoms with van der Waals surface area (Å²) < 4.78 is 27.8. The average Bonchev–Trinajstić information content (AvgIpc) is 2.67. The Morgan fingerprint density at radius 2 is 1.85 bits per heavy atom. The van der Waals surface area contributed by atoms with Crippen molar-refractivity contribution in [3.63, 3.8) is 0 Å².